The molecule has 0 aliphatic carbocycles. The lowest BCUT2D eigenvalue weighted by Gasteiger charge is -2.13. The Labute approximate surface area is 199 Å². The van der Waals surface area contributed by atoms with Crippen LogP contribution in [0.4, 0.5) is 18.0 Å². The SMILES string of the molecule is COc1ccc(-c2cccc(CC(=O)O)c2)cc1CNC(=O)OCc1ccc(OC(F)(F)F)cc1. The summed E-state index contributed by atoms with van der Waals surface area (Å²) in [5.41, 5.74) is 3.43. The zero-order valence-corrected chi connectivity index (χ0v) is 18.6. The van der Waals surface area contributed by atoms with Crippen LogP contribution in [0.2, 0.25) is 0 Å². The molecule has 35 heavy (non-hydrogen) atoms. The predicted molar refractivity (Wildman–Crippen MR) is 120 cm³/mol. The van der Waals surface area contributed by atoms with E-state index in [9.17, 15) is 22.8 Å². The maximum atomic E-state index is 12.2. The molecule has 0 radical (unpaired) electrons. The van der Waals surface area contributed by atoms with Crippen LogP contribution >= 0.6 is 0 Å². The molecule has 7 nitrogen and oxygen atoms in total. The summed E-state index contributed by atoms with van der Waals surface area (Å²) in [6.07, 6.45) is -5.60. The maximum Gasteiger partial charge on any atom is 0.573 e. The number of aliphatic carboxylic acids is 1. The van der Waals surface area contributed by atoms with Gasteiger partial charge in [0.05, 0.1) is 13.5 Å². The molecule has 184 valence electrons. The number of carbonyl (C=O) groups is 2. The lowest BCUT2D eigenvalue weighted by Crippen LogP contribution is -2.24. The Morgan fingerprint density at radius 1 is 0.943 bits per heavy atom. The number of carbonyl (C=O) groups excluding carboxylic acids is 1. The molecule has 0 saturated heterocycles. The molecule has 0 heterocycles. The number of alkyl halides is 3. The monoisotopic (exact) mass is 489 g/mol. The molecule has 3 aromatic rings. The second-order valence-electron chi connectivity index (χ2n) is 7.42. The van der Waals surface area contributed by atoms with Crippen LogP contribution in [0.25, 0.3) is 11.1 Å². The van der Waals surface area contributed by atoms with Crippen LogP contribution in [-0.2, 0) is 29.1 Å². The number of carboxylic acid groups (broad SMARTS) is 1. The third-order valence-corrected chi connectivity index (χ3v) is 4.85. The number of carboxylic acids is 1. The van der Waals surface area contributed by atoms with Crippen LogP contribution in [0.3, 0.4) is 0 Å². The van der Waals surface area contributed by atoms with E-state index in [1.54, 1.807) is 24.3 Å². The fraction of sp³-hybridized carbons (Fsp3) is 0.200. The van der Waals surface area contributed by atoms with Crippen LogP contribution in [0, 0.1) is 0 Å². The van der Waals surface area contributed by atoms with E-state index in [0.29, 0.717) is 22.4 Å². The molecule has 1 amide bonds. The van der Waals surface area contributed by atoms with Gasteiger partial charge in [0.1, 0.15) is 18.1 Å². The average Bonchev–Trinajstić information content (AvgIpc) is 2.81. The summed E-state index contributed by atoms with van der Waals surface area (Å²) in [4.78, 5) is 23.1. The number of hydrogen-bond donors (Lipinski definition) is 2. The first-order valence-electron chi connectivity index (χ1n) is 10.4. The summed E-state index contributed by atoms with van der Waals surface area (Å²) in [7, 11) is 1.50. The first-order chi connectivity index (χ1) is 16.6. The second kappa shape index (κ2) is 11.3. The molecule has 3 rings (SSSR count). The van der Waals surface area contributed by atoms with E-state index in [1.807, 2.05) is 18.2 Å². The highest BCUT2D eigenvalue weighted by molar-refractivity contribution is 5.73. The number of alkyl carbamates (subject to hydrolysis) is 1. The predicted octanol–water partition coefficient (Wildman–Crippen LogP) is 5.31. The lowest BCUT2D eigenvalue weighted by molar-refractivity contribution is -0.274. The van der Waals surface area contributed by atoms with Gasteiger partial charge in [-0.2, -0.15) is 0 Å². The fourth-order valence-electron chi connectivity index (χ4n) is 3.29. The zero-order valence-electron chi connectivity index (χ0n) is 18.6. The highest BCUT2D eigenvalue weighted by Gasteiger charge is 2.30. The minimum Gasteiger partial charge on any atom is -0.496 e. The van der Waals surface area contributed by atoms with Gasteiger partial charge in [-0.15, -0.1) is 13.2 Å². The molecule has 0 bridgehead atoms. The van der Waals surface area contributed by atoms with E-state index in [2.05, 4.69) is 10.1 Å². The molecule has 10 heteroatoms. The van der Waals surface area contributed by atoms with Crippen molar-refractivity contribution in [1.29, 1.82) is 0 Å². The van der Waals surface area contributed by atoms with Crippen molar-refractivity contribution in [1.82, 2.24) is 5.32 Å². The summed E-state index contributed by atoms with van der Waals surface area (Å²) in [5.74, 6) is -0.756. The van der Waals surface area contributed by atoms with Gasteiger partial charge < -0.3 is 24.6 Å². The number of rotatable bonds is 9. The Bertz CT molecular complexity index is 1180. The smallest absolute Gasteiger partial charge is 0.496 e. The summed E-state index contributed by atoms with van der Waals surface area (Å²) in [6, 6.07) is 17.5. The molecule has 0 saturated carbocycles. The third-order valence-electron chi connectivity index (χ3n) is 4.85. The number of nitrogens with one attached hydrogen (secondary N) is 1. The molecule has 0 fully saturated rings. The van der Waals surface area contributed by atoms with Crippen LogP contribution in [0.15, 0.2) is 66.7 Å². The quantitative estimate of drug-likeness (QED) is 0.423. The molecule has 0 atom stereocenters. The number of amides is 1. The molecule has 3 aromatic carbocycles. The van der Waals surface area contributed by atoms with Crippen molar-refractivity contribution >= 4 is 12.1 Å². The van der Waals surface area contributed by atoms with E-state index in [4.69, 9.17) is 14.6 Å². The standard InChI is InChI=1S/C25H22F3NO6/c1-33-22-10-7-19(18-4-2-3-17(11-18)12-23(30)31)13-20(22)14-29-24(32)34-15-16-5-8-21(9-6-16)35-25(26,27)28/h2-11,13H,12,14-15H2,1H3,(H,29,32)(H,30,31). The lowest BCUT2D eigenvalue weighted by atomic mass is 9.99. The molecule has 2 N–H and O–H groups in total. The number of ether oxygens (including phenoxy) is 3. The number of hydrogen-bond acceptors (Lipinski definition) is 5. The van der Waals surface area contributed by atoms with Gasteiger partial charge >= 0.3 is 18.4 Å². The Morgan fingerprint density at radius 2 is 1.66 bits per heavy atom. The van der Waals surface area contributed by atoms with E-state index in [1.165, 1.54) is 19.2 Å². The van der Waals surface area contributed by atoms with Crippen LogP contribution in [0.5, 0.6) is 11.5 Å². The van der Waals surface area contributed by atoms with Crippen molar-refractivity contribution in [3.8, 4) is 22.6 Å². The fourth-order valence-corrected chi connectivity index (χ4v) is 3.29. The summed E-state index contributed by atoms with van der Waals surface area (Å²) in [6.45, 7) is -0.0608. The summed E-state index contributed by atoms with van der Waals surface area (Å²) >= 11 is 0. The van der Waals surface area contributed by atoms with Gasteiger partial charge in [0.2, 0.25) is 0 Å². The van der Waals surface area contributed by atoms with Crippen molar-refractivity contribution in [2.24, 2.45) is 0 Å². The van der Waals surface area contributed by atoms with Crippen LogP contribution < -0.4 is 14.8 Å². The van der Waals surface area contributed by atoms with Crippen molar-refractivity contribution in [2.45, 2.75) is 25.9 Å². The Morgan fingerprint density at radius 3 is 2.31 bits per heavy atom. The average molecular weight is 489 g/mol. The van der Waals surface area contributed by atoms with E-state index in [-0.39, 0.29) is 25.3 Å². The van der Waals surface area contributed by atoms with Crippen LogP contribution in [0.1, 0.15) is 16.7 Å². The second-order valence-corrected chi connectivity index (χ2v) is 7.42. The minimum absolute atomic E-state index is 0.0863. The Balaban J connectivity index is 1.60. The molecular formula is C25H22F3NO6. The van der Waals surface area contributed by atoms with Crippen molar-refractivity contribution in [2.75, 3.05) is 7.11 Å². The third kappa shape index (κ3) is 7.95. The van der Waals surface area contributed by atoms with Crippen molar-refractivity contribution < 1.29 is 42.1 Å². The van der Waals surface area contributed by atoms with Crippen molar-refractivity contribution in [3.05, 3.63) is 83.4 Å². The first kappa shape index (κ1) is 25.4. The maximum absolute atomic E-state index is 12.2. The normalized spacial score (nSPS) is 11.0. The molecular weight excluding hydrogens is 467 g/mol. The van der Waals surface area contributed by atoms with Crippen molar-refractivity contribution in [3.63, 3.8) is 0 Å². The zero-order chi connectivity index (χ0) is 25.4. The number of halogens is 3. The van der Waals surface area contributed by atoms with Crippen LogP contribution in [-0.4, -0.2) is 30.6 Å². The molecule has 0 spiro atoms. The summed E-state index contributed by atoms with van der Waals surface area (Å²) < 4.78 is 51.0. The molecule has 0 aliphatic heterocycles. The van der Waals surface area contributed by atoms with Gasteiger partial charge in [0.15, 0.2) is 0 Å². The van der Waals surface area contributed by atoms with Gasteiger partial charge in [-0.05, 0) is 46.5 Å². The van der Waals surface area contributed by atoms with Gasteiger partial charge in [-0.1, -0.05) is 42.5 Å². The minimum atomic E-state index is -4.78. The Kier molecular flexibility index (Phi) is 8.19. The summed E-state index contributed by atoms with van der Waals surface area (Å²) in [5, 5.41) is 11.6. The van der Waals surface area contributed by atoms with Gasteiger partial charge in [0, 0.05) is 12.1 Å². The van der Waals surface area contributed by atoms with Gasteiger partial charge in [-0.3, -0.25) is 4.79 Å². The molecule has 0 aromatic heterocycles. The topological polar surface area (TPSA) is 94.1 Å². The highest BCUT2D eigenvalue weighted by atomic mass is 19.4. The van der Waals surface area contributed by atoms with Gasteiger partial charge in [-0.25, -0.2) is 4.79 Å². The Hall–Kier alpha value is -4.21. The number of methoxy groups -OCH3 is 1. The molecule has 0 aliphatic rings. The largest absolute Gasteiger partial charge is 0.573 e. The van der Waals surface area contributed by atoms with E-state index < -0.39 is 18.4 Å². The van der Waals surface area contributed by atoms with E-state index >= 15 is 0 Å². The number of benzene rings is 3. The first-order valence-corrected chi connectivity index (χ1v) is 10.4. The van der Waals surface area contributed by atoms with E-state index in [0.717, 1.165) is 23.3 Å². The molecule has 0 unspecified atom stereocenters. The highest BCUT2D eigenvalue weighted by Crippen LogP contribution is 2.28. The van der Waals surface area contributed by atoms with Gasteiger partial charge in [0.25, 0.3) is 0 Å².